The third kappa shape index (κ3) is 1.86. The lowest BCUT2D eigenvalue weighted by molar-refractivity contribution is 0.282. The van der Waals surface area contributed by atoms with Crippen LogP contribution in [0.1, 0.15) is 11.1 Å². The van der Waals surface area contributed by atoms with Gasteiger partial charge in [-0.3, -0.25) is 0 Å². The fraction of sp³-hybridized carbons (Fsp3) is 0.167. The molecule has 0 bridgehead atoms. The van der Waals surface area contributed by atoms with Crippen LogP contribution >= 0.6 is 11.3 Å². The summed E-state index contributed by atoms with van der Waals surface area (Å²) in [6.45, 7) is 2.21. The number of aliphatic hydroxyl groups excluding tert-OH is 1. The Hall–Kier alpha value is -1.12. The van der Waals surface area contributed by atoms with E-state index in [2.05, 4.69) is 30.5 Å². The molecule has 1 aromatic carbocycles. The van der Waals surface area contributed by atoms with E-state index in [1.54, 1.807) is 11.3 Å². The van der Waals surface area contributed by atoms with E-state index in [-0.39, 0.29) is 6.61 Å². The average molecular weight is 204 g/mol. The lowest BCUT2D eigenvalue weighted by atomic mass is 10.1. The van der Waals surface area contributed by atoms with Gasteiger partial charge >= 0.3 is 0 Å². The minimum Gasteiger partial charge on any atom is -0.392 e. The van der Waals surface area contributed by atoms with Crippen LogP contribution in [0.4, 0.5) is 0 Å². The van der Waals surface area contributed by atoms with Crippen LogP contribution in [0, 0.1) is 6.92 Å². The van der Waals surface area contributed by atoms with E-state index < -0.39 is 0 Å². The quantitative estimate of drug-likeness (QED) is 0.796. The van der Waals surface area contributed by atoms with Gasteiger partial charge in [0.2, 0.25) is 0 Å². The lowest BCUT2D eigenvalue weighted by Gasteiger charge is -1.98. The second-order valence-electron chi connectivity index (χ2n) is 3.34. The molecular formula is C12H12OS. The predicted molar refractivity (Wildman–Crippen MR) is 60.4 cm³/mol. The third-order valence-corrected chi connectivity index (χ3v) is 3.25. The summed E-state index contributed by atoms with van der Waals surface area (Å²) in [5.41, 5.74) is 3.48. The smallest absolute Gasteiger partial charge is 0.0681 e. The first-order chi connectivity index (χ1) is 6.79. The summed E-state index contributed by atoms with van der Waals surface area (Å²) in [6, 6.07) is 10.2. The Morgan fingerprint density at radius 2 is 1.93 bits per heavy atom. The van der Waals surface area contributed by atoms with Crippen LogP contribution in [0.3, 0.4) is 0 Å². The molecule has 14 heavy (non-hydrogen) atoms. The van der Waals surface area contributed by atoms with Gasteiger partial charge in [-0.05, 0) is 35.1 Å². The van der Waals surface area contributed by atoms with Crippen LogP contribution in [0.5, 0.6) is 0 Å². The van der Waals surface area contributed by atoms with Gasteiger partial charge in [0.05, 0.1) is 6.61 Å². The Kier molecular flexibility index (Phi) is 2.66. The van der Waals surface area contributed by atoms with Gasteiger partial charge in [0.25, 0.3) is 0 Å². The summed E-state index contributed by atoms with van der Waals surface area (Å²) in [5.74, 6) is 0. The Morgan fingerprint density at radius 1 is 1.21 bits per heavy atom. The number of hydrogen-bond acceptors (Lipinski definition) is 2. The highest BCUT2D eigenvalue weighted by Gasteiger charge is 1.99. The number of aryl methyl sites for hydroxylation is 1. The zero-order valence-electron chi connectivity index (χ0n) is 8.03. The van der Waals surface area contributed by atoms with E-state index in [1.807, 2.05) is 12.1 Å². The summed E-state index contributed by atoms with van der Waals surface area (Å²) in [6.07, 6.45) is 0. The molecule has 0 atom stereocenters. The summed E-state index contributed by atoms with van der Waals surface area (Å²) in [7, 11) is 0. The molecular weight excluding hydrogens is 192 g/mol. The van der Waals surface area contributed by atoms with Crippen molar-refractivity contribution in [1.82, 2.24) is 0 Å². The Labute approximate surface area is 87.7 Å². The molecule has 2 rings (SSSR count). The molecule has 2 heteroatoms. The summed E-state index contributed by atoms with van der Waals surface area (Å²) in [4.78, 5) is 1.28. The van der Waals surface area contributed by atoms with Crippen LogP contribution in [-0.4, -0.2) is 5.11 Å². The van der Waals surface area contributed by atoms with Crippen molar-refractivity contribution in [3.05, 3.63) is 46.8 Å². The zero-order chi connectivity index (χ0) is 9.97. The second kappa shape index (κ2) is 3.95. The minimum atomic E-state index is 0.115. The highest BCUT2D eigenvalue weighted by atomic mass is 32.1. The zero-order valence-corrected chi connectivity index (χ0v) is 8.84. The van der Waals surface area contributed by atoms with Crippen LogP contribution in [0.2, 0.25) is 0 Å². The summed E-state index contributed by atoms with van der Waals surface area (Å²) in [5, 5.41) is 11.1. The summed E-state index contributed by atoms with van der Waals surface area (Å²) < 4.78 is 0. The molecule has 1 nitrogen and oxygen atoms in total. The molecule has 0 fully saturated rings. The van der Waals surface area contributed by atoms with E-state index in [9.17, 15) is 0 Å². The van der Waals surface area contributed by atoms with Crippen LogP contribution in [-0.2, 0) is 6.61 Å². The van der Waals surface area contributed by atoms with Crippen molar-refractivity contribution in [3.63, 3.8) is 0 Å². The van der Waals surface area contributed by atoms with Gasteiger partial charge in [0.1, 0.15) is 0 Å². The van der Waals surface area contributed by atoms with E-state index >= 15 is 0 Å². The highest BCUT2D eigenvalue weighted by molar-refractivity contribution is 7.13. The standard InChI is InChI=1S/C12H12OS/c1-9-6-12(14-8-9)11-4-2-10(7-13)3-5-11/h2-6,8,13H,7H2,1H3. The van der Waals surface area contributed by atoms with Crippen LogP contribution in [0.25, 0.3) is 10.4 Å². The van der Waals surface area contributed by atoms with Gasteiger partial charge in [-0.15, -0.1) is 11.3 Å². The normalized spacial score (nSPS) is 10.4. The highest BCUT2D eigenvalue weighted by Crippen LogP contribution is 2.26. The molecule has 0 saturated carbocycles. The number of thiophene rings is 1. The van der Waals surface area contributed by atoms with Gasteiger partial charge in [-0.2, -0.15) is 0 Å². The largest absolute Gasteiger partial charge is 0.392 e. The maximum absolute atomic E-state index is 8.91. The van der Waals surface area contributed by atoms with Gasteiger partial charge < -0.3 is 5.11 Å². The Balaban J connectivity index is 2.33. The second-order valence-corrected chi connectivity index (χ2v) is 4.25. The molecule has 72 valence electrons. The molecule has 0 aliphatic carbocycles. The third-order valence-electron chi connectivity index (χ3n) is 2.15. The molecule has 0 amide bonds. The van der Waals surface area contributed by atoms with E-state index in [4.69, 9.17) is 5.11 Å². The van der Waals surface area contributed by atoms with Crippen molar-refractivity contribution in [2.45, 2.75) is 13.5 Å². The van der Waals surface area contributed by atoms with E-state index in [1.165, 1.54) is 16.0 Å². The molecule has 2 aromatic rings. The van der Waals surface area contributed by atoms with Gasteiger partial charge in [0.15, 0.2) is 0 Å². The maximum atomic E-state index is 8.91. The van der Waals surface area contributed by atoms with Crippen molar-refractivity contribution in [1.29, 1.82) is 0 Å². The number of hydrogen-bond donors (Lipinski definition) is 1. The molecule has 0 unspecified atom stereocenters. The fourth-order valence-corrected chi connectivity index (χ4v) is 2.26. The van der Waals surface area contributed by atoms with Gasteiger partial charge in [0, 0.05) is 4.88 Å². The SMILES string of the molecule is Cc1csc(-c2ccc(CO)cc2)c1. The number of aliphatic hydroxyl groups is 1. The van der Waals surface area contributed by atoms with Gasteiger partial charge in [-0.25, -0.2) is 0 Å². The lowest BCUT2D eigenvalue weighted by Crippen LogP contribution is -1.81. The molecule has 1 heterocycles. The molecule has 1 aromatic heterocycles. The monoisotopic (exact) mass is 204 g/mol. The molecule has 0 aliphatic rings. The van der Waals surface area contributed by atoms with E-state index in [0.717, 1.165) is 5.56 Å². The average Bonchev–Trinajstić information content (AvgIpc) is 2.65. The minimum absolute atomic E-state index is 0.115. The number of benzene rings is 1. The first-order valence-electron chi connectivity index (χ1n) is 4.55. The van der Waals surface area contributed by atoms with Crippen LogP contribution in [0.15, 0.2) is 35.7 Å². The van der Waals surface area contributed by atoms with E-state index in [0.29, 0.717) is 0 Å². The predicted octanol–water partition coefficient (Wildman–Crippen LogP) is 3.22. The van der Waals surface area contributed by atoms with Crippen molar-refractivity contribution >= 4 is 11.3 Å². The molecule has 0 saturated heterocycles. The summed E-state index contributed by atoms with van der Waals surface area (Å²) >= 11 is 1.75. The first kappa shape index (κ1) is 9.44. The topological polar surface area (TPSA) is 20.2 Å². The van der Waals surface area contributed by atoms with Crippen molar-refractivity contribution < 1.29 is 5.11 Å². The molecule has 0 radical (unpaired) electrons. The Bertz CT molecular complexity index is 414. The number of rotatable bonds is 2. The maximum Gasteiger partial charge on any atom is 0.0681 e. The first-order valence-corrected chi connectivity index (χ1v) is 5.43. The van der Waals surface area contributed by atoms with Crippen molar-refractivity contribution in [2.75, 3.05) is 0 Å². The van der Waals surface area contributed by atoms with Crippen molar-refractivity contribution in [3.8, 4) is 10.4 Å². The van der Waals surface area contributed by atoms with Gasteiger partial charge in [-0.1, -0.05) is 24.3 Å². The molecule has 0 aliphatic heterocycles. The fourth-order valence-electron chi connectivity index (χ4n) is 1.36. The molecule has 0 spiro atoms. The van der Waals surface area contributed by atoms with Crippen LogP contribution < -0.4 is 0 Å². The van der Waals surface area contributed by atoms with Crippen molar-refractivity contribution in [2.24, 2.45) is 0 Å². The Morgan fingerprint density at radius 3 is 2.43 bits per heavy atom. The molecule has 1 N–H and O–H groups in total.